The van der Waals surface area contributed by atoms with Gasteiger partial charge in [-0.05, 0) is 62.7 Å². The monoisotopic (exact) mass is 628 g/mol. The van der Waals surface area contributed by atoms with Crippen LogP contribution in [0.1, 0.15) is 41.0 Å². The van der Waals surface area contributed by atoms with Gasteiger partial charge in [-0.25, -0.2) is 4.98 Å². The minimum atomic E-state index is -0.495. The van der Waals surface area contributed by atoms with Crippen LogP contribution in [-0.2, 0) is 25.5 Å². The van der Waals surface area contributed by atoms with E-state index in [1.165, 1.54) is 23.1 Å². The first-order chi connectivity index (χ1) is 21.2. The van der Waals surface area contributed by atoms with Crippen LogP contribution in [0.25, 0.3) is 6.08 Å². The van der Waals surface area contributed by atoms with Crippen molar-refractivity contribution < 1.29 is 23.9 Å². The summed E-state index contributed by atoms with van der Waals surface area (Å²) in [5.74, 6) is -1.53. The zero-order chi connectivity index (χ0) is 31.5. The number of esters is 1. The van der Waals surface area contributed by atoms with Gasteiger partial charge < -0.3 is 20.7 Å². The van der Waals surface area contributed by atoms with Gasteiger partial charge in [0.05, 0.1) is 24.0 Å². The Labute approximate surface area is 264 Å². The second-order valence-electron chi connectivity index (χ2n) is 9.65. The molecule has 0 aliphatic carbocycles. The molecule has 4 aromatic rings. The maximum absolute atomic E-state index is 13.4. The van der Waals surface area contributed by atoms with Crippen molar-refractivity contribution in [1.29, 1.82) is 0 Å². The highest BCUT2D eigenvalue weighted by Gasteiger charge is 2.19. The molecule has 4 rings (SSSR count). The first-order valence-electron chi connectivity index (χ1n) is 13.8. The molecule has 1 aromatic heterocycles. The topological polar surface area (TPSA) is 126 Å². The first-order valence-corrected chi connectivity index (χ1v) is 15.6. The van der Waals surface area contributed by atoms with Crippen molar-refractivity contribution >= 4 is 63.7 Å². The number of rotatable bonds is 12. The molecule has 1 heterocycles. The van der Waals surface area contributed by atoms with Crippen molar-refractivity contribution in [3.63, 3.8) is 0 Å². The highest BCUT2D eigenvalue weighted by atomic mass is 32.2. The standard InChI is InChI=1S/C33H32N4O5S2/c1-4-42-29(38)19-26-20-43-33(35-26)37-30(39)22(3)44-27-12-8-11-25(18-27)34-32(41)28(17-23-15-13-21(2)14-16-23)36-31(40)24-9-6-5-7-10-24/h5-18,20,22H,4,19H2,1-3H3,(H,34,41)(H,36,40)(H,35,37,39)/b28-17-. The first kappa shape index (κ1) is 32.2. The molecule has 44 heavy (non-hydrogen) atoms. The van der Waals surface area contributed by atoms with Gasteiger partial charge in [0.15, 0.2) is 5.13 Å². The van der Waals surface area contributed by atoms with Crippen LogP contribution >= 0.6 is 23.1 Å². The summed E-state index contributed by atoms with van der Waals surface area (Å²) in [5, 5.41) is 10.0. The highest BCUT2D eigenvalue weighted by Crippen LogP contribution is 2.27. The number of aryl methyl sites for hydroxylation is 1. The van der Waals surface area contributed by atoms with Crippen LogP contribution in [0.15, 0.2) is 94.8 Å². The molecule has 1 atom stereocenters. The Hall–Kier alpha value is -4.74. The van der Waals surface area contributed by atoms with Crippen LogP contribution in [0.4, 0.5) is 10.8 Å². The second kappa shape index (κ2) is 15.6. The van der Waals surface area contributed by atoms with Gasteiger partial charge in [-0.3, -0.25) is 19.2 Å². The minimum absolute atomic E-state index is 0.0425. The van der Waals surface area contributed by atoms with Crippen molar-refractivity contribution in [3.8, 4) is 0 Å². The van der Waals surface area contributed by atoms with Gasteiger partial charge in [0, 0.05) is 21.5 Å². The van der Waals surface area contributed by atoms with Gasteiger partial charge >= 0.3 is 5.97 Å². The molecule has 3 N–H and O–H groups in total. The third kappa shape index (κ3) is 9.65. The van der Waals surface area contributed by atoms with Crippen molar-refractivity contribution in [2.75, 3.05) is 17.2 Å². The molecule has 0 aliphatic heterocycles. The molecule has 0 radical (unpaired) electrons. The molecule has 0 spiro atoms. The number of hydrogen-bond donors (Lipinski definition) is 3. The lowest BCUT2D eigenvalue weighted by molar-refractivity contribution is -0.142. The Balaban J connectivity index is 1.41. The molecular formula is C33H32N4O5S2. The number of ether oxygens (including phenoxy) is 1. The highest BCUT2D eigenvalue weighted by molar-refractivity contribution is 8.00. The van der Waals surface area contributed by atoms with Crippen molar-refractivity contribution in [1.82, 2.24) is 10.3 Å². The van der Waals surface area contributed by atoms with E-state index >= 15 is 0 Å². The summed E-state index contributed by atoms with van der Waals surface area (Å²) in [6.45, 7) is 5.76. The number of nitrogens with zero attached hydrogens (tertiary/aromatic N) is 1. The van der Waals surface area contributed by atoms with Crippen LogP contribution in [0.2, 0.25) is 0 Å². The summed E-state index contributed by atoms with van der Waals surface area (Å²) in [5.41, 5.74) is 3.37. The molecule has 0 bridgehead atoms. The number of thioether (sulfide) groups is 1. The van der Waals surface area contributed by atoms with Gasteiger partial charge in [-0.2, -0.15) is 0 Å². The fourth-order valence-corrected chi connectivity index (χ4v) is 5.53. The van der Waals surface area contributed by atoms with Crippen LogP contribution in [0.5, 0.6) is 0 Å². The van der Waals surface area contributed by atoms with E-state index in [2.05, 4.69) is 20.9 Å². The summed E-state index contributed by atoms with van der Waals surface area (Å²) in [4.78, 5) is 55.9. The van der Waals surface area contributed by atoms with E-state index in [0.717, 1.165) is 16.0 Å². The Morgan fingerprint density at radius 1 is 0.977 bits per heavy atom. The fraction of sp³-hybridized carbons (Fsp3) is 0.182. The number of carbonyl (C=O) groups excluding carboxylic acids is 4. The number of benzene rings is 3. The van der Waals surface area contributed by atoms with E-state index in [-0.39, 0.29) is 24.0 Å². The summed E-state index contributed by atoms with van der Waals surface area (Å²) in [6, 6.07) is 23.4. The maximum Gasteiger partial charge on any atom is 0.311 e. The van der Waals surface area contributed by atoms with E-state index in [1.807, 2.05) is 43.3 Å². The predicted octanol–water partition coefficient (Wildman–Crippen LogP) is 6.09. The largest absolute Gasteiger partial charge is 0.466 e. The number of nitrogens with one attached hydrogen (secondary N) is 3. The molecular weight excluding hydrogens is 597 g/mol. The number of hydrogen-bond acceptors (Lipinski definition) is 8. The summed E-state index contributed by atoms with van der Waals surface area (Å²) in [7, 11) is 0. The molecule has 3 aromatic carbocycles. The lowest BCUT2D eigenvalue weighted by Crippen LogP contribution is -2.30. The molecule has 226 valence electrons. The van der Waals surface area contributed by atoms with Crippen LogP contribution in [0.3, 0.4) is 0 Å². The van der Waals surface area contributed by atoms with E-state index in [1.54, 1.807) is 67.8 Å². The Bertz CT molecular complexity index is 1650. The Kier molecular flexibility index (Phi) is 11.4. The predicted molar refractivity (Wildman–Crippen MR) is 175 cm³/mol. The van der Waals surface area contributed by atoms with Gasteiger partial charge in [0.25, 0.3) is 11.8 Å². The molecule has 1 unspecified atom stereocenters. The van der Waals surface area contributed by atoms with Gasteiger partial charge in [-0.15, -0.1) is 23.1 Å². The van der Waals surface area contributed by atoms with E-state index in [9.17, 15) is 19.2 Å². The van der Waals surface area contributed by atoms with Crippen LogP contribution in [0, 0.1) is 6.92 Å². The van der Waals surface area contributed by atoms with Crippen molar-refractivity contribution in [2.45, 2.75) is 37.3 Å². The van der Waals surface area contributed by atoms with Crippen molar-refractivity contribution in [3.05, 3.63) is 112 Å². The van der Waals surface area contributed by atoms with E-state index < -0.39 is 17.1 Å². The van der Waals surface area contributed by atoms with Crippen LogP contribution < -0.4 is 16.0 Å². The average Bonchev–Trinajstić information content (AvgIpc) is 3.44. The SMILES string of the molecule is CCOC(=O)Cc1csc(NC(=O)C(C)Sc2cccc(NC(=O)/C(=C/c3ccc(C)cc3)NC(=O)c3ccccc3)c2)n1. The third-order valence-electron chi connectivity index (χ3n) is 6.10. The van der Waals surface area contributed by atoms with Gasteiger partial charge in [0.2, 0.25) is 5.91 Å². The number of carbonyl (C=O) groups is 4. The molecule has 0 fully saturated rings. The molecule has 3 amide bonds. The maximum atomic E-state index is 13.4. The Morgan fingerprint density at radius 2 is 1.73 bits per heavy atom. The zero-order valence-corrected chi connectivity index (χ0v) is 26.1. The smallest absolute Gasteiger partial charge is 0.311 e. The fourth-order valence-electron chi connectivity index (χ4n) is 3.89. The number of aromatic nitrogens is 1. The van der Waals surface area contributed by atoms with Crippen molar-refractivity contribution in [2.24, 2.45) is 0 Å². The lowest BCUT2D eigenvalue weighted by Gasteiger charge is -2.14. The molecule has 0 aliphatic rings. The van der Waals surface area contributed by atoms with Gasteiger partial charge in [-0.1, -0.05) is 54.1 Å². The normalized spacial score (nSPS) is 11.8. The lowest BCUT2D eigenvalue weighted by atomic mass is 10.1. The molecule has 9 nitrogen and oxygen atoms in total. The van der Waals surface area contributed by atoms with E-state index in [0.29, 0.717) is 28.7 Å². The number of thiazole rings is 1. The Morgan fingerprint density at radius 3 is 2.45 bits per heavy atom. The number of anilines is 2. The summed E-state index contributed by atoms with van der Waals surface area (Å²) in [6.07, 6.45) is 1.66. The average molecular weight is 629 g/mol. The zero-order valence-electron chi connectivity index (χ0n) is 24.5. The molecule has 11 heteroatoms. The molecule has 0 saturated heterocycles. The quantitative estimate of drug-likeness (QED) is 0.0985. The van der Waals surface area contributed by atoms with Crippen LogP contribution in [-0.4, -0.2) is 40.5 Å². The summed E-state index contributed by atoms with van der Waals surface area (Å²) >= 11 is 2.55. The summed E-state index contributed by atoms with van der Waals surface area (Å²) < 4.78 is 4.94. The van der Waals surface area contributed by atoms with Gasteiger partial charge in [0.1, 0.15) is 5.70 Å². The molecule has 0 saturated carbocycles. The number of amides is 3. The second-order valence-corrected chi connectivity index (χ2v) is 11.9. The minimum Gasteiger partial charge on any atom is -0.466 e. The third-order valence-corrected chi connectivity index (χ3v) is 8.00. The van der Waals surface area contributed by atoms with E-state index in [4.69, 9.17) is 4.74 Å².